The van der Waals surface area contributed by atoms with Crippen molar-refractivity contribution in [2.24, 2.45) is 5.92 Å². The van der Waals surface area contributed by atoms with Crippen LogP contribution in [0.5, 0.6) is 5.75 Å². The van der Waals surface area contributed by atoms with Gasteiger partial charge >= 0.3 is 5.97 Å². The van der Waals surface area contributed by atoms with Crippen molar-refractivity contribution in [1.82, 2.24) is 10.2 Å². The topological polar surface area (TPSA) is 103 Å². The molecule has 1 heterocycles. The standard InChI is InChI=1S/C22H34ClN3O5/c1-14(5-6-21(27)31-4)7-9-26-10-8-18(20(13-26)30-3)25-22(28)15-11-16(23)17(24)12-19(15)29-2/h11-12,14,18,20H,5-10,13,24H2,1-4H3,(H,25,28)/t14?,18-,20+/m1/s1. The molecule has 0 bridgehead atoms. The second-order valence-corrected chi connectivity index (χ2v) is 8.43. The van der Waals surface area contributed by atoms with Gasteiger partial charge < -0.3 is 30.2 Å². The van der Waals surface area contributed by atoms with E-state index in [-0.39, 0.29) is 24.0 Å². The zero-order chi connectivity index (χ0) is 23.0. The molecule has 1 aliphatic rings. The highest BCUT2D eigenvalue weighted by atomic mass is 35.5. The molecule has 1 fully saturated rings. The van der Waals surface area contributed by atoms with Gasteiger partial charge in [-0.3, -0.25) is 9.59 Å². The monoisotopic (exact) mass is 455 g/mol. The van der Waals surface area contributed by atoms with Gasteiger partial charge in [-0.25, -0.2) is 0 Å². The van der Waals surface area contributed by atoms with Crippen LogP contribution in [0, 0.1) is 5.92 Å². The maximum Gasteiger partial charge on any atom is 0.305 e. The first-order chi connectivity index (χ1) is 14.8. The quantitative estimate of drug-likeness (QED) is 0.413. The molecule has 0 saturated carbocycles. The number of hydrogen-bond acceptors (Lipinski definition) is 7. The number of methoxy groups -OCH3 is 3. The lowest BCUT2D eigenvalue weighted by atomic mass is 9.98. The molecule has 1 aromatic rings. The molecule has 8 nitrogen and oxygen atoms in total. The summed E-state index contributed by atoms with van der Waals surface area (Å²) in [4.78, 5) is 26.5. The molecule has 2 rings (SSSR count). The highest BCUT2D eigenvalue weighted by Gasteiger charge is 2.31. The number of carbonyl (C=O) groups excluding carboxylic acids is 2. The average molecular weight is 456 g/mol. The van der Waals surface area contributed by atoms with Crippen molar-refractivity contribution in [3.05, 3.63) is 22.7 Å². The number of likely N-dealkylation sites (tertiary alicyclic amines) is 1. The molecule has 3 atom stereocenters. The number of piperidine rings is 1. The van der Waals surface area contributed by atoms with Gasteiger partial charge in [0.2, 0.25) is 0 Å². The maximum absolute atomic E-state index is 12.9. The SMILES string of the molecule is COC(=O)CCC(C)CCN1CC[C@@H](NC(=O)c2cc(Cl)c(N)cc2OC)[C@@H](OC)C1. The number of amides is 1. The predicted octanol–water partition coefficient (Wildman–Crippen LogP) is 2.73. The largest absolute Gasteiger partial charge is 0.496 e. The summed E-state index contributed by atoms with van der Waals surface area (Å²) in [5.41, 5.74) is 6.51. The van der Waals surface area contributed by atoms with Crippen molar-refractivity contribution in [3.8, 4) is 5.75 Å². The maximum atomic E-state index is 12.9. The summed E-state index contributed by atoms with van der Waals surface area (Å²) in [6.45, 7) is 4.65. The molecule has 174 valence electrons. The highest BCUT2D eigenvalue weighted by Crippen LogP contribution is 2.29. The third kappa shape index (κ3) is 7.26. The van der Waals surface area contributed by atoms with E-state index in [0.717, 1.165) is 38.9 Å². The Morgan fingerprint density at radius 1 is 1.29 bits per heavy atom. The van der Waals surface area contributed by atoms with Gasteiger partial charge in [-0.15, -0.1) is 0 Å². The number of benzene rings is 1. The number of nitrogen functional groups attached to an aromatic ring is 1. The lowest BCUT2D eigenvalue weighted by Crippen LogP contribution is -2.55. The molecule has 3 N–H and O–H groups in total. The van der Waals surface area contributed by atoms with Crippen LogP contribution in [-0.4, -0.2) is 69.9 Å². The van der Waals surface area contributed by atoms with Crippen molar-refractivity contribution < 1.29 is 23.8 Å². The molecular formula is C22H34ClN3O5. The van der Waals surface area contributed by atoms with Crippen molar-refractivity contribution in [2.45, 2.75) is 44.8 Å². The van der Waals surface area contributed by atoms with Gasteiger partial charge in [0.15, 0.2) is 0 Å². The average Bonchev–Trinajstić information content (AvgIpc) is 2.77. The van der Waals surface area contributed by atoms with Gasteiger partial charge in [0.1, 0.15) is 5.75 Å². The van der Waals surface area contributed by atoms with E-state index in [1.165, 1.54) is 20.3 Å². The van der Waals surface area contributed by atoms with Crippen LogP contribution in [0.15, 0.2) is 12.1 Å². The van der Waals surface area contributed by atoms with E-state index < -0.39 is 0 Å². The Morgan fingerprint density at radius 2 is 2.03 bits per heavy atom. The molecule has 1 amide bonds. The van der Waals surface area contributed by atoms with Gasteiger partial charge in [-0.1, -0.05) is 18.5 Å². The van der Waals surface area contributed by atoms with Gasteiger partial charge in [0.05, 0.1) is 42.6 Å². The minimum atomic E-state index is -0.268. The first-order valence-corrected chi connectivity index (χ1v) is 10.9. The Bertz CT molecular complexity index is 761. The summed E-state index contributed by atoms with van der Waals surface area (Å²) in [7, 11) is 4.56. The second-order valence-electron chi connectivity index (χ2n) is 8.03. The summed E-state index contributed by atoms with van der Waals surface area (Å²) >= 11 is 6.10. The number of halogens is 1. The molecule has 1 aliphatic heterocycles. The molecule has 0 aromatic heterocycles. The van der Waals surface area contributed by atoms with Crippen LogP contribution in [0.4, 0.5) is 5.69 Å². The fraction of sp³-hybridized carbons (Fsp3) is 0.636. The summed E-state index contributed by atoms with van der Waals surface area (Å²) in [6, 6.07) is 2.96. The van der Waals surface area contributed by atoms with E-state index in [9.17, 15) is 9.59 Å². The zero-order valence-corrected chi connectivity index (χ0v) is 19.5. The fourth-order valence-corrected chi connectivity index (χ4v) is 3.93. The van der Waals surface area contributed by atoms with Crippen molar-refractivity contribution in [1.29, 1.82) is 0 Å². The number of ether oxygens (including phenoxy) is 3. The number of nitrogens with two attached hydrogens (primary N) is 1. The molecule has 0 aliphatic carbocycles. The van der Waals surface area contributed by atoms with Crippen LogP contribution in [0.2, 0.25) is 5.02 Å². The normalized spacial score (nSPS) is 20.2. The van der Waals surface area contributed by atoms with E-state index in [1.807, 2.05) is 0 Å². The second kappa shape index (κ2) is 12.1. The number of nitrogens with one attached hydrogen (secondary N) is 1. The van der Waals surface area contributed by atoms with Gasteiger partial charge in [0.25, 0.3) is 5.91 Å². The van der Waals surface area contributed by atoms with E-state index in [0.29, 0.717) is 34.4 Å². The summed E-state index contributed by atoms with van der Waals surface area (Å²) < 4.78 is 15.7. The molecule has 0 radical (unpaired) electrons. The van der Waals surface area contributed by atoms with Crippen LogP contribution in [-0.2, 0) is 14.3 Å². The Kier molecular flexibility index (Phi) is 9.87. The summed E-state index contributed by atoms with van der Waals surface area (Å²) in [6.07, 6.45) is 2.90. The van der Waals surface area contributed by atoms with Gasteiger partial charge in [-0.05, 0) is 37.8 Å². The minimum absolute atomic E-state index is 0.119. The molecule has 31 heavy (non-hydrogen) atoms. The van der Waals surface area contributed by atoms with Gasteiger partial charge in [0, 0.05) is 32.7 Å². The van der Waals surface area contributed by atoms with Crippen LogP contribution in [0.25, 0.3) is 0 Å². The Hall–Kier alpha value is -2.03. The molecule has 9 heteroatoms. The number of carbonyl (C=O) groups is 2. The fourth-order valence-electron chi connectivity index (χ4n) is 3.76. The minimum Gasteiger partial charge on any atom is -0.496 e. The zero-order valence-electron chi connectivity index (χ0n) is 18.8. The van der Waals surface area contributed by atoms with Crippen LogP contribution in [0.1, 0.15) is 43.0 Å². The van der Waals surface area contributed by atoms with E-state index in [1.54, 1.807) is 13.2 Å². The third-order valence-electron chi connectivity index (χ3n) is 5.83. The number of rotatable bonds is 10. The van der Waals surface area contributed by atoms with E-state index in [2.05, 4.69) is 17.1 Å². The van der Waals surface area contributed by atoms with E-state index in [4.69, 9.17) is 31.5 Å². The van der Waals surface area contributed by atoms with Crippen LogP contribution >= 0.6 is 11.6 Å². The van der Waals surface area contributed by atoms with Gasteiger partial charge in [-0.2, -0.15) is 0 Å². The van der Waals surface area contributed by atoms with Crippen molar-refractivity contribution in [3.63, 3.8) is 0 Å². The van der Waals surface area contributed by atoms with Crippen molar-refractivity contribution in [2.75, 3.05) is 46.7 Å². The smallest absolute Gasteiger partial charge is 0.305 e. The van der Waals surface area contributed by atoms with Crippen LogP contribution < -0.4 is 15.8 Å². The molecule has 1 aromatic carbocycles. The third-order valence-corrected chi connectivity index (χ3v) is 6.16. The molecule has 0 spiro atoms. The van der Waals surface area contributed by atoms with Crippen LogP contribution in [0.3, 0.4) is 0 Å². The molecule has 1 unspecified atom stereocenters. The first-order valence-electron chi connectivity index (χ1n) is 10.5. The highest BCUT2D eigenvalue weighted by molar-refractivity contribution is 6.33. The molecule has 1 saturated heterocycles. The summed E-state index contributed by atoms with van der Waals surface area (Å²) in [5.74, 6) is 0.379. The Morgan fingerprint density at radius 3 is 2.68 bits per heavy atom. The lowest BCUT2D eigenvalue weighted by Gasteiger charge is -2.38. The Balaban J connectivity index is 1.89. The lowest BCUT2D eigenvalue weighted by molar-refractivity contribution is -0.140. The summed E-state index contributed by atoms with van der Waals surface area (Å²) in [5, 5.41) is 3.37. The number of anilines is 1. The molecular weight excluding hydrogens is 422 g/mol. The number of nitrogens with zero attached hydrogens (tertiary/aromatic N) is 1. The Labute approximate surface area is 189 Å². The number of esters is 1. The predicted molar refractivity (Wildman–Crippen MR) is 121 cm³/mol. The first kappa shape index (κ1) is 25.2. The van der Waals surface area contributed by atoms with E-state index >= 15 is 0 Å². The van der Waals surface area contributed by atoms with Crippen molar-refractivity contribution >= 4 is 29.2 Å². The number of hydrogen-bond donors (Lipinski definition) is 2.